The van der Waals surface area contributed by atoms with Crippen molar-refractivity contribution in [2.24, 2.45) is 0 Å². The van der Waals surface area contributed by atoms with Gasteiger partial charge in [0.05, 0.1) is 37.3 Å². The highest BCUT2D eigenvalue weighted by molar-refractivity contribution is 6.01. The molecule has 2 fully saturated rings. The minimum absolute atomic E-state index is 0.0275. The lowest BCUT2D eigenvalue weighted by atomic mass is 10.0. The van der Waals surface area contributed by atoms with Crippen LogP contribution in [0.3, 0.4) is 0 Å². The van der Waals surface area contributed by atoms with Gasteiger partial charge in [-0.25, -0.2) is 9.59 Å². The first-order valence-electron chi connectivity index (χ1n) is 11.3. The summed E-state index contributed by atoms with van der Waals surface area (Å²) >= 11 is 0. The molecule has 0 radical (unpaired) electrons. The summed E-state index contributed by atoms with van der Waals surface area (Å²) in [6.07, 6.45) is 0.0323. The second kappa shape index (κ2) is 11.7. The Morgan fingerprint density at radius 3 is 1.97 bits per heavy atom. The predicted molar refractivity (Wildman–Crippen MR) is 114 cm³/mol. The third-order valence-corrected chi connectivity index (χ3v) is 5.46. The molecule has 1 atom stereocenters. The molecule has 2 aliphatic rings. The number of hydrogen-bond donors (Lipinski definition) is 1. The van der Waals surface area contributed by atoms with E-state index in [2.05, 4.69) is 0 Å². The van der Waals surface area contributed by atoms with Gasteiger partial charge >= 0.3 is 11.9 Å². The predicted octanol–water partition coefficient (Wildman–Crippen LogP) is 1.14. The molecule has 0 aromatic rings. The Labute approximate surface area is 198 Å². The minimum Gasteiger partial charge on any atom is -0.375 e. The quantitative estimate of drug-likeness (QED) is 0.376. The van der Waals surface area contributed by atoms with Gasteiger partial charge in [0.2, 0.25) is 0 Å². The fourth-order valence-electron chi connectivity index (χ4n) is 3.25. The number of rotatable bonds is 13. The number of imide groups is 1. The second-order valence-corrected chi connectivity index (χ2v) is 9.46. The van der Waals surface area contributed by atoms with E-state index in [9.17, 15) is 29.1 Å². The number of hydrogen-bond acceptors (Lipinski definition) is 10. The van der Waals surface area contributed by atoms with Crippen molar-refractivity contribution in [2.45, 2.75) is 96.5 Å². The van der Waals surface area contributed by atoms with E-state index in [0.717, 1.165) is 0 Å². The van der Waals surface area contributed by atoms with Crippen molar-refractivity contribution >= 4 is 29.7 Å². The molecule has 0 saturated carbocycles. The number of hydroxylamine groups is 4. The zero-order chi connectivity index (χ0) is 25.5. The highest BCUT2D eigenvalue weighted by atomic mass is 16.7. The maximum atomic E-state index is 12.0. The van der Waals surface area contributed by atoms with Crippen LogP contribution in [-0.4, -0.2) is 75.5 Å². The Bertz CT molecular complexity index is 779. The number of carbonyl (C=O) groups excluding carboxylic acids is 5. The van der Waals surface area contributed by atoms with Gasteiger partial charge in [0.15, 0.2) is 6.23 Å². The third kappa shape index (κ3) is 8.65. The monoisotopic (exact) mass is 486 g/mol. The van der Waals surface area contributed by atoms with Gasteiger partial charge in [-0.3, -0.25) is 14.4 Å². The van der Waals surface area contributed by atoms with Gasteiger partial charge in [-0.15, -0.1) is 10.1 Å². The van der Waals surface area contributed by atoms with Crippen molar-refractivity contribution in [3.05, 3.63) is 0 Å². The van der Waals surface area contributed by atoms with Crippen molar-refractivity contribution in [1.29, 1.82) is 0 Å². The molecule has 12 nitrogen and oxygen atoms in total. The molecule has 1 N–H and O–H groups in total. The van der Waals surface area contributed by atoms with Crippen molar-refractivity contribution in [2.75, 3.05) is 13.2 Å². The standard InChI is InChI=1S/C22H34N2O10/c1-21(2,11-9-19(29)33-23-15(25)5-6-16(23)26)32-14-12-22(3,4)31-13-10-20(30)34-24-17(27)7-8-18(24)28/h17,27H,5-14H2,1-4H3. The largest absolute Gasteiger partial charge is 0.375 e. The van der Waals surface area contributed by atoms with Crippen LogP contribution in [0, 0.1) is 0 Å². The second-order valence-electron chi connectivity index (χ2n) is 9.46. The van der Waals surface area contributed by atoms with Crippen LogP contribution in [-0.2, 0) is 43.1 Å². The lowest BCUT2D eigenvalue weighted by Crippen LogP contribution is -2.36. The Hall–Kier alpha value is -2.57. The molecule has 2 rings (SSSR count). The first-order valence-corrected chi connectivity index (χ1v) is 11.3. The van der Waals surface area contributed by atoms with E-state index < -0.39 is 47.1 Å². The number of aliphatic hydroxyl groups excluding tert-OH is 1. The van der Waals surface area contributed by atoms with E-state index in [0.29, 0.717) is 29.6 Å². The molecule has 192 valence electrons. The fraction of sp³-hybridized carbons (Fsp3) is 0.773. The van der Waals surface area contributed by atoms with E-state index in [1.807, 2.05) is 27.7 Å². The molecule has 0 aliphatic carbocycles. The Kier molecular flexibility index (Phi) is 9.54. The van der Waals surface area contributed by atoms with Crippen LogP contribution in [0.25, 0.3) is 0 Å². The zero-order valence-corrected chi connectivity index (χ0v) is 20.2. The van der Waals surface area contributed by atoms with Crippen LogP contribution in [0.2, 0.25) is 0 Å². The summed E-state index contributed by atoms with van der Waals surface area (Å²) < 4.78 is 11.6. The summed E-state index contributed by atoms with van der Waals surface area (Å²) in [5, 5.41) is 10.8. The molecule has 1 unspecified atom stereocenters. The van der Waals surface area contributed by atoms with E-state index in [-0.39, 0.29) is 45.1 Å². The van der Waals surface area contributed by atoms with E-state index in [1.165, 1.54) is 0 Å². The fourth-order valence-corrected chi connectivity index (χ4v) is 3.25. The van der Waals surface area contributed by atoms with Gasteiger partial charge in [-0.05, 0) is 40.5 Å². The van der Waals surface area contributed by atoms with Crippen molar-refractivity contribution < 1.29 is 48.2 Å². The van der Waals surface area contributed by atoms with Crippen LogP contribution in [0.15, 0.2) is 0 Å². The van der Waals surface area contributed by atoms with Crippen LogP contribution in [0.4, 0.5) is 0 Å². The molecule has 3 amide bonds. The summed E-state index contributed by atoms with van der Waals surface area (Å²) in [5.41, 5.74) is -1.28. The van der Waals surface area contributed by atoms with Crippen molar-refractivity contribution in [3.8, 4) is 0 Å². The number of nitrogens with zero attached hydrogens (tertiary/aromatic N) is 2. The molecule has 12 heteroatoms. The van der Waals surface area contributed by atoms with Gasteiger partial charge in [0.1, 0.15) is 0 Å². The van der Waals surface area contributed by atoms with Crippen LogP contribution in [0.1, 0.15) is 79.1 Å². The summed E-state index contributed by atoms with van der Waals surface area (Å²) in [5.74, 6) is -2.84. The van der Waals surface area contributed by atoms with Crippen molar-refractivity contribution in [3.63, 3.8) is 0 Å². The van der Waals surface area contributed by atoms with Gasteiger partial charge in [-0.2, -0.15) is 0 Å². The molecule has 34 heavy (non-hydrogen) atoms. The number of carbonyl (C=O) groups is 5. The minimum atomic E-state index is -1.11. The molecule has 0 aromatic carbocycles. The van der Waals surface area contributed by atoms with Crippen LogP contribution < -0.4 is 0 Å². The molecule has 0 bridgehead atoms. The lowest BCUT2D eigenvalue weighted by molar-refractivity contribution is -0.221. The number of amides is 3. The normalized spacial score (nSPS) is 19.2. The van der Waals surface area contributed by atoms with Gasteiger partial charge in [0.25, 0.3) is 17.7 Å². The molecule has 2 heterocycles. The average Bonchev–Trinajstić information content (AvgIpc) is 3.22. The highest BCUT2D eigenvalue weighted by Crippen LogP contribution is 2.22. The summed E-state index contributed by atoms with van der Waals surface area (Å²) in [6, 6.07) is 0. The molecule has 2 saturated heterocycles. The molecule has 0 aromatic heterocycles. The molecular formula is C22H34N2O10. The molecular weight excluding hydrogens is 452 g/mol. The first-order chi connectivity index (χ1) is 15.8. The van der Waals surface area contributed by atoms with Gasteiger partial charge in [-0.1, -0.05) is 0 Å². The maximum absolute atomic E-state index is 12.0. The summed E-state index contributed by atoms with van der Waals surface area (Å²) in [6.45, 7) is 7.67. The Morgan fingerprint density at radius 2 is 1.38 bits per heavy atom. The number of ether oxygens (including phenoxy) is 2. The van der Waals surface area contributed by atoms with Gasteiger partial charge < -0.3 is 24.3 Å². The maximum Gasteiger partial charge on any atom is 0.334 e. The van der Waals surface area contributed by atoms with E-state index in [4.69, 9.17) is 19.1 Å². The number of aliphatic hydroxyl groups is 1. The van der Waals surface area contributed by atoms with Crippen LogP contribution >= 0.6 is 0 Å². The SMILES string of the molecule is CC(C)(CCOC(C)(C)CCC(=O)ON1C(=O)CCC1=O)OCCC(=O)ON1C(=O)CCC1O. The van der Waals surface area contributed by atoms with Crippen molar-refractivity contribution in [1.82, 2.24) is 10.1 Å². The Morgan fingerprint density at radius 1 is 0.824 bits per heavy atom. The third-order valence-electron chi connectivity index (χ3n) is 5.46. The lowest BCUT2D eigenvalue weighted by Gasteiger charge is -2.29. The molecule has 2 aliphatic heterocycles. The average molecular weight is 487 g/mol. The van der Waals surface area contributed by atoms with E-state index >= 15 is 0 Å². The van der Waals surface area contributed by atoms with E-state index in [1.54, 1.807) is 0 Å². The first kappa shape index (κ1) is 27.7. The zero-order valence-electron chi connectivity index (χ0n) is 20.2. The topological polar surface area (TPSA) is 149 Å². The highest BCUT2D eigenvalue weighted by Gasteiger charge is 2.34. The smallest absolute Gasteiger partial charge is 0.334 e. The Balaban J connectivity index is 1.63. The van der Waals surface area contributed by atoms with Crippen LogP contribution in [0.5, 0.6) is 0 Å². The van der Waals surface area contributed by atoms with Gasteiger partial charge in [0, 0.05) is 25.7 Å². The summed E-state index contributed by atoms with van der Waals surface area (Å²) in [7, 11) is 0. The summed E-state index contributed by atoms with van der Waals surface area (Å²) in [4.78, 5) is 68.1. The molecule has 0 spiro atoms.